The molecule has 2 fully saturated rings. The second-order valence-electron chi connectivity index (χ2n) is 7.38. The first kappa shape index (κ1) is 18.2. The number of aromatic nitrogens is 3. The van der Waals surface area contributed by atoms with Crippen molar-refractivity contribution >= 4 is 11.6 Å². The van der Waals surface area contributed by atoms with E-state index < -0.39 is 11.9 Å². The SMILES string of the molecule is O=C(c1cnn2c(C(F)(F)F)cc(-c3ccco3)nc12)N1CCN2CCC[C@H]2C1. The van der Waals surface area contributed by atoms with E-state index in [2.05, 4.69) is 15.0 Å². The Morgan fingerprint density at radius 2 is 2.10 bits per heavy atom. The molecule has 7 nitrogen and oxygen atoms in total. The highest BCUT2D eigenvalue weighted by molar-refractivity contribution is 6.00. The highest BCUT2D eigenvalue weighted by Crippen LogP contribution is 2.33. The summed E-state index contributed by atoms with van der Waals surface area (Å²) in [6.45, 7) is 2.91. The summed E-state index contributed by atoms with van der Waals surface area (Å²) in [6, 6.07) is 4.28. The highest BCUT2D eigenvalue weighted by Gasteiger charge is 2.38. The molecule has 1 amide bonds. The van der Waals surface area contributed by atoms with Gasteiger partial charge >= 0.3 is 6.18 Å². The van der Waals surface area contributed by atoms with Gasteiger partial charge in [-0.1, -0.05) is 0 Å². The molecule has 2 aliphatic heterocycles. The lowest BCUT2D eigenvalue weighted by Crippen LogP contribution is -2.52. The normalized spacial score (nSPS) is 20.4. The molecule has 0 aromatic carbocycles. The monoisotopic (exact) mass is 405 g/mol. The van der Waals surface area contributed by atoms with E-state index in [0.29, 0.717) is 23.6 Å². The van der Waals surface area contributed by atoms with Crippen LogP contribution in [0.5, 0.6) is 0 Å². The summed E-state index contributed by atoms with van der Waals surface area (Å²) in [5, 5.41) is 3.84. The molecule has 5 heterocycles. The van der Waals surface area contributed by atoms with Gasteiger partial charge in [0.1, 0.15) is 11.3 Å². The number of halogens is 3. The Hall–Kier alpha value is -2.88. The van der Waals surface area contributed by atoms with Crippen molar-refractivity contribution < 1.29 is 22.4 Å². The Kier molecular flexibility index (Phi) is 4.12. The second kappa shape index (κ2) is 6.58. The Labute approximate surface area is 163 Å². The largest absolute Gasteiger partial charge is 0.463 e. The number of amides is 1. The molecule has 0 bridgehead atoms. The lowest BCUT2D eigenvalue weighted by molar-refractivity contribution is -0.142. The van der Waals surface area contributed by atoms with Gasteiger partial charge in [-0.05, 0) is 37.6 Å². The number of nitrogens with zero attached hydrogens (tertiary/aromatic N) is 5. The Balaban J connectivity index is 1.57. The topological polar surface area (TPSA) is 66.9 Å². The van der Waals surface area contributed by atoms with Crippen LogP contribution < -0.4 is 0 Å². The third-order valence-corrected chi connectivity index (χ3v) is 5.64. The van der Waals surface area contributed by atoms with Gasteiger partial charge in [0.05, 0.1) is 12.5 Å². The third kappa shape index (κ3) is 3.07. The number of hydrogen-bond donors (Lipinski definition) is 0. The Morgan fingerprint density at radius 1 is 1.24 bits per heavy atom. The predicted octanol–water partition coefficient (Wildman–Crippen LogP) is 2.93. The molecule has 0 unspecified atom stereocenters. The van der Waals surface area contributed by atoms with Crippen molar-refractivity contribution in [2.45, 2.75) is 25.1 Å². The van der Waals surface area contributed by atoms with Crippen LogP contribution in [0.4, 0.5) is 13.2 Å². The van der Waals surface area contributed by atoms with Crippen LogP contribution in [0.15, 0.2) is 35.1 Å². The van der Waals surface area contributed by atoms with Crippen LogP contribution >= 0.6 is 0 Å². The number of furan rings is 1. The Morgan fingerprint density at radius 3 is 2.86 bits per heavy atom. The van der Waals surface area contributed by atoms with E-state index in [1.165, 1.54) is 18.5 Å². The molecule has 0 radical (unpaired) electrons. The first-order valence-electron chi connectivity index (χ1n) is 9.45. The van der Waals surface area contributed by atoms with Crippen LogP contribution in [0.3, 0.4) is 0 Å². The molecule has 2 aliphatic rings. The van der Waals surface area contributed by atoms with E-state index >= 15 is 0 Å². The summed E-state index contributed by atoms with van der Waals surface area (Å²) in [7, 11) is 0. The first-order valence-corrected chi connectivity index (χ1v) is 9.45. The van der Waals surface area contributed by atoms with Crippen LogP contribution in [-0.4, -0.2) is 62.5 Å². The van der Waals surface area contributed by atoms with Crippen molar-refractivity contribution in [1.82, 2.24) is 24.4 Å². The molecule has 0 spiro atoms. The summed E-state index contributed by atoms with van der Waals surface area (Å²) < 4.78 is 46.8. The number of alkyl halides is 3. The van der Waals surface area contributed by atoms with Crippen molar-refractivity contribution in [3.8, 4) is 11.5 Å². The quantitative estimate of drug-likeness (QED) is 0.656. The molecule has 3 aromatic rings. The van der Waals surface area contributed by atoms with Crippen molar-refractivity contribution in [1.29, 1.82) is 0 Å². The molecule has 0 saturated carbocycles. The number of piperazine rings is 1. The van der Waals surface area contributed by atoms with Crippen molar-refractivity contribution in [3.05, 3.63) is 41.9 Å². The number of fused-ring (bicyclic) bond motifs is 2. The van der Waals surface area contributed by atoms with E-state index in [1.54, 1.807) is 11.0 Å². The second-order valence-corrected chi connectivity index (χ2v) is 7.38. The smallest absolute Gasteiger partial charge is 0.433 e. The molecule has 1 atom stereocenters. The van der Waals surface area contributed by atoms with E-state index in [4.69, 9.17) is 4.42 Å². The third-order valence-electron chi connectivity index (χ3n) is 5.64. The van der Waals surface area contributed by atoms with Gasteiger partial charge in [-0.15, -0.1) is 0 Å². The van der Waals surface area contributed by atoms with Crippen molar-refractivity contribution in [3.63, 3.8) is 0 Å². The highest BCUT2D eigenvalue weighted by atomic mass is 19.4. The number of hydrogen-bond acceptors (Lipinski definition) is 5. The molecular formula is C19H18F3N5O2. The average Bonchev–Trinajstić information content (AvgIpc) is 3.45. The molecular weight excluding hydrogens is 387 g/mol. The summed E-state index contributed by atoms with van der Waals surface area (Å²) in [5.74, 6) is -0.152. The van der Waals surface area contributed by atoms with Gasteiger partial charge in [-0.25, -0.2) is 9.50 Å². The van der Waals surface area contributed by atoms with Gasteiger partial charge in [-0.2, -0.15) is 18.3 Å². The fourth-order valence-corrected chi connectivity index (χ4v) is 4.21. The van der Waals surface area contributed by atoms with Crippen LogP contribution in [0.1, 0.15) is 28.9 Å². The van der Waals surface area contributed by atoms with Crippen LogP contribution in [0.25, 0.3) is 17.1 Å². The zero-order valence-corrected chi connectivity index (χ0v) is 15.4. The zero-order chi connectivity index (χ0) is 20.2. The maximum Gasteiger partial charge on any atom is 0.433 e. The minimum atomic E-state index is -4.66. The van der Waals surface area contributed by atoms with Gasteiger partial charge < -0.3 is 9.32 Å². The molecule has 5 rings (SSSR count). The average molecular weight is 405 g/mol. The fraction of sp³-hybridized carbons (Fsp3) is 0.421. The number of carbonyl (C=O) groups is 1. The summed E-state index contributed by atoms with van der Waals surface area (Å²) in [6.07, 6.45) is -0.000728. The molecule has 0 aliphatic carbocycles. The van der Waals surface area contributed by atoms with Crippen LogP contribution in [0, 0.1) is 0 Å². The van der Waals surface area contributed by atoms with Gasteiger partial charge in [-0.3, -0.25) is 9.69 Å². The van der Waals surface area contributed by atoms with Crippen molar-refractivity contribution in [2.24, 2.45) is 0 Å². The predicted molar refractivity (Wildman–Crippen MR) is 96.2 cm³/mol. The van der Waals surface area contributed by atoms with Gasteiger partial charge in [0, 0.05) is 25.7 Å². The summed E-state index contributed by atoms with van der Waals surface area (Å²) in [4.78, 5) is 21.5. The van der Waals surface area contributed by atoms with Gasteiger partial charge in [0.15, 0.2) is 17.1 Å². The van der Waals surface area contributed by atoms with Crippen LogP contribution in [-0.2, 0) is 6.18 Å². The molecule has 0 N–H and O–H groups in total. The van der Waals surface area contributed by atoms with E-state index in [0.717, 1.165) is 32.0 Å². The summed E-state index contributed by atoms with van der Waals surface area (Å²) >= 11 is 0. The first-order chi connectivity index (χ1) is 13.9. The molecule has 3 aromatic heterocycles. The minimum absolute atomic E-state index is 0.00462. The van der Waals surface area contributed by atoms with E-state index in [-0.39, 0.29) is 28.6 Å². The molecule has 10 heteroatoms. The maximum atomic E-state index is 13.6. The summed E-state index contributed by atoms with van der Waals surface area (Å²) in [5.41, 5.74) is -1.06. The molecule has 29 heavy (non-hydrogen) atoms. The molecule has 2 saturated heterocycles. The fourth-order valence-electron chi connectivity index (χ4n) is 4.21. The number of carbonyl (C=O) groups excluding carboxylic acids is 1. The van der Waals surface area contributed by atoms with E-state index in [1.807, 2.05) is 0 Å². The van der Waals surface area contributed by atoms with Gasteiger partial charge in [0.25, 0.3) is 5.91 Å². The van der Waals surface area contributed by atoms with E-state index in [9.17, 15) is 18.0 Å². The lowest BCUT2D eigenvalue weighted by Gasteiger charge is -2.37. The van der Waals surface area contributed by atoms with Gasteiger partial charge in [0.2, 0.25) is 0 Å². The maximum absolute atomic E-state index is 13.6. The number of rotatable bonds is 2. The van der Waals surface area contributed by atoms with Crippen LogP contribution in [0.2, 0.25) is 0 Å². The molecule has 152 valence electrons. The standard InChI is InChI=1S/C19H18F3N5O2/c20-19(21,22)16-9-14(15-4-2-8-29-15)24-17-13(10-23-27(16)17)18(28)26-7-6-25-5-1-3-12(25)11-26/h2,4,8-10,12H,1,3,5-7,11H2/t12-/m0/s1. The Bertz CT molecular complexity index is 1060. The lowest BCUT2D eigenvalue weighted by atomic mass is 10.1. The van der Waals surface area contributed by atoms with Crippen molar-refractivity contribution in [2.75, 3.05) is 26.2 Å². The zero-order valence-electron chi connectivity index (χ0n) is 15.4. The minimum Gasteiger partial charge on any atom is -0.463 e.